The molecule has 250 valence electrons. The summed E-state index contributed by atoms with van der Waals surface area (Å²) in [5.41, 5.74) is 0. The number of nitrogens with one attached hydrogen (secondary N) is 1. The fourth-order valence-electron chi connectivity index (χ4n) is 5.80. The summed E-state index contributed by atoms with van der Waals surface area (Å²) in [6.45, 7) is 5.04. The Balaban J connectivity index is 3.24. The lowest BCUT2D eigenvalue weighted by molar-refractivity contribution is -0.144. The van der Waals surface area contributed by atoms with Gasteiger partial charge in [0.25, 0.3) is 0 Å². The van der Waals surface area contributed by atoms with Crippen LogP contribution < -0.4 is 5.32 Å². The van der Waals surface area contributed by atoms with E-state index in [1.165, 1.54) is 173 Å². The average molecular weight is 594 g/mol. The zero-order valence-electron chi connectivity index (χ0n) is 28.8. The van der Waals surface area contributed by atoms with E-state index in [-0.39, 0.29) is 18.4 Å². The van der Waals surface area contributed by atoms with Gasteiger partial charge in [0.1, 0.15) is 6.54 Å². The van der Waals surface area contributed by atoms with Crippen LogP contribution in [0.4, 0.5) is 0 Å². The standard InChI is InChI=1S/C38H75NO3/c1-3-5-7-9-11-13-15-16-17-18-19-20-21-22-23-25-27-29-31-33-35-42-38(41)36-39-37(40)34-32-30-28-26-24-14-12-10-8-6-4-2/h3-36H2,1-2H3,(H,39,40). The second-order valence-corrected chi connectivity index (χ2v) is 13.0. The van der Waals surface area contributed by atoms with Gasteiger partial charge in [-0.25, -0.2) is 0 Å². The summed E-state index contributed by atoms with van der Waals surface area (Å²) in [6, 6.07) is 0. The first-order chi connectivity index (χ1) is 20.7. The highest BCUT2D eigenvalue weighted by atomic mass is 16.5. The molecule has 0 aliphatic rings. The molecule has 1 N–H and O–H groups in total. The third kappa shape index (κ3) is 35.1. The van der Waals surface area contributed by atoms with Gasteiger partial charge in [-0.2, -0.15) is 0 Å². The molecular formula is C38H75NO3. The van der Waals surface area contributed by atoms with Crippen LogP contribution in [0.1, 0.15) is 219 Å². The van der Waals surface area contributed by atoms with E-state index in [9.17, 15) is 9.59 Å². The van der Waals surface area contributed by atoms with Crippen molar-refractivity contribution in [3.63, 3.8) is 0 Å². The maximum Gasteiger partial charge on any atom is 0.325 e. The number of carbonyl (C=O) groups excluding carboxylic acids is 2. The number of rotatable bonds is 35. The number of amides is 1. The minimum Gasteiger partial charge on any atom is -0.464 e. The Bertz CT molecular complexity index is 550. The minimum atomic E-state index is -0.305. The van der Waals surface area contributed by atoms with Crippen molar-refractivity contribution in [1.29, 1.82) is 0 Å². The smallest absolute Gasteiger partial charge is 0.325 e. The monoisotopic (exact) mass is 594 g/mol. The molecule has 0 fully saturated rings. The van der Waals surface area contributed by atoms with Gasteiger partial charge in [-0.1, -0.05) is 200 Å². The fourth-order valence-corrected chi connectivity index (χ4v) is 5.80. The van der Waals surface area contributed by atoms with Gasteiger partial charge < -0.3 is 10.1 Å². The molecule has 0 aromatic rings. The van der Waals surface area contributed by atoms with Crippen molar-refractivity contribution in [3.8, 4) is 0 Å². The predicted octanol–water partition coefficient (Wildman–Crippen LogP) is 12.2. The SMILES string of the molecule is CCCCCCCCCCCCCCCCCCCCCCOC(=O)CNC(=O)CCCCCCCCCCCCC. The molecule has 0 aliphatic heterocycles. The van der Waals surface area contributed by atoms with Crippen LogP contribution in [-0.2, 0) is 14.3 Å². The maximum absolute atomic E-state index is 12.0. The van der Waals surface area contributed by atoms with Crippen LogP contribution in [0.3, 0.4) is 0 Å². The summed E-state index contributed by atoms with van der Waals surface area (Å²) in [7, 11) is 0. The van der Waals surface area contributed by atoms with Crippen molar-refractivity contribution in [2.75, 3.05) is 13.2 Å². The van der Waals surface area contributed by atoms with Crippen LogP contribution in [0, 0.1) is 0 Å². The van der Waals surface area contributed by atoms with Crippen LogP contribution in [0.15, 0.2) is 0 Å². The summed E-state index contributed by atoms with van der Waals surface area (Å²) in [5.74, 6) is -0.332. The number of ether oxygens (including phenoxy) is 1. The first-order valence-corrected chi connectivity index (χ1v) is 19.1. The Kier molecular flexibility index (Phi) is 35.2. The van der Waals surface area contributed by atoms with Gasteiger partial charge in [0, 0.05) is 6.42 Å². The summed E-state index contributed by atoms with van der Waals surface area (Å²) in [5, 5.41) is 2.72. The molecule has 0 unspecified atom stereocenters. The second-order valence-electron chi connectivity index (χ2n) is 13.0. The Morgan fingerprint density at radius 3 is 1.02 bits per heavy atom. The van der Waals surface area contributed by atoms with Crippen molar-refractivity contribution in [2.24, 2.45) is 0 Å². The fraction of sp³-hybridized carbons (Fsp3) is 0.947. The molecule has 4 heteroatoms. The molecule has 0 aromatic heterocycles. The minimum absolute atomic E-state index is 0.00998. The van der Waals surface area contributed by atoms with E-state index in [0.717, 1.165) is 25.7 Å². The highest BCUT2D eigenvalue weighted by Gasteiger charge is 2.06. The molecule has 0 bridgehead atoms. The van der Waals surface area contributed by atoms with Gasteiger partial charge in [-0.15, -0.1) is 0 Å². The molecule has 4 nitrogen and oxygen atoms in total. The van der Waals surface area contributed by atoms with E-state index >= 15 is 0 Å². The van der Waals surface area contributed by atoms with Crippen molar-refractivity contribution >= 4 is 11.9 Å². The number of esters is 1. The molecule has 0 radical (unpaired) electrons. The van der Waals surface area contributed by atoms with E-state index in [0.29, 0.717) is 13.0 Å². The number of unbranched alkanes of at least 4 members (excludes halogenated alkanes) is 29. The summed E-state index contributed by atoms with van der Waals surface area (Å²) in [6.07, 6.45) is 41.8. The van der Waals surface area contributed by atoms with Gasteiger partial charge in [-0.05, 0) is 12.8 Å². The zero-order chi connectivity index (χ0) is 30.6. The normalized spacial score (nSPS) is 11.2. The molecular weight excluding hydrogens is 518 g/mol. The van der Waals surface area contributed by atoms with E-state index in [2.05, 4.69) is 19.2 Å². The molecule has 0 atom stereocenters. The lowest BCUT2D eigenvalue weighted by atomic mass is 10.0. The van der Waals surface area contributed by atoms with Crippen molar-refractivity contribution in [2.45, 2.75) is 219 Å². The maximum atomic E-state index is 12.0. The summed E-state index contributed by atoms with van der Waals surface area (Å²) in [4.78, 5) is 23.8. The Morgan fingerprint density at radius 2 is 0.690 bits per heavy atom. The summed E-state index contributed by atoms with van der Waals surface area (Å²) < 4.78 is 5.29. The quantitative estimate of drug-likeness (QED) is 0.0587. The third-order valence-corrected chi connectivity index (χ3v) is 8.70. The molecule has 42 heavy (non-hydrogen) atoms. The molecule has 0 aromatic carbocycles. The highest BCUT2D eigenvalue weighted by Crippen LogP contribution is 2.15. The van der Waals surface area contributed by atoms with Gasteiger partial charge >= 0.3 is 5.97 Å². The van der Waals surface area contributed by atoms with Crippen molar-refractivity contribution < 1.29 is 14.3 Å². The molecule has 1 amide bonds. The first-order valence-electron chi connectivity index (χ1n) is 19.1. The van der Waals surface area contributed by atoms with Gasteiger partial charge in [0.05, 0.1) is 6.61 Å². The average Bonchev–Trinajstić information content (AvgIpc) is 2.99. The van der Waals surface area contributed by atoms with Gasteiger partial charge in [-0.3, -0.25) is 9.59 Å². The zero-order valence-corrected chi connectivity index (χ0v) is 28.8. The van der Waals surface area contributed by atoms with Crippen molar-refractivity contribution in [1.82, 2.24) is 5.32 Å². The van der Waals surface area contributed by atoms with Crippen LogP contribution in [0.25, 0.3) is 0 Å². The molecule has 0 saturated carbocycles. The first kappa shape index (κ1) is 40.9. The molecule has 0 rings (SSSR count). The van der Waals surface area contributed by atoms with Crippen LogP contribution in [0.2, 0.25) is 0 Å². The molecule has 0 spiro atoms. The largest absolute Gasteiger partial charge is 0.464 e. The van der Waals surface area contributed by atoms with E-state index in [1.54, 1.807) is 0 Å². The lowest BCUT2D eigenvalue weighted by Crippen LogP contribution is -2.30. The van der Waals surface area contributed by atoms with Crippen molar-refractivity contribution in [3.05, 3.63) is 0 Å². The lowest BCUT2D eigenvalue weighted by Gasteiger charge is -2.07. The Hall–Kier alpha value is -1.06. The number of hydrogen-bond donors (Lipinski definition) is 1. The van der Waals surface area contributed by atoms with E-state index in [1.807, 2.05) is 0 Å². The second kappa shape index (κ2) is 36.1. The molecule has 0 aliphatic carbocycles. The number of carbonyl (C=O) groups is 2. The molecule has 0 saturated heterocycles. The predicted molar refractivity (Wildman–Crippen MR) is 183 cm³/mol. The van der Waals surface area contributed by atoms with Crippen LogP contribution in [0.5, 0.6) is 0 Å². The van der Waals surface area contributed by atoms with Gasteiger partial charge in [0.2, 0.25) is 5.91 Å². The Labute approximate surface area is 263 Å². The number of hydrogen-bond acceptors (Lipinski definition) is 3. The highest BCUT2D eigenvalue weighted by molar-refractivity contribution is 5.81. The summed E-state index contributed by atoms with van der Waals surface area (Å²) >= 11 is 0. The molecule has 0 heterocycles. The van der Waals surface area contributed by atoms with E-state index < -0.39 is 0 Å². The Morgan fingerprint density at radius 1 is 0.405 bits per heavy atom. The van der Waals surface area contributed by atoms with Crippen LogP contribution >= 0.6 is 0 Å². The van der Waals surface area contributed by atoms with Crippen LogP contribution in [-0.4, -0.2) is 25.0 Å². The van der Waals surface area contributed by atoms with E-state index in [4.69, 9.17) is 4.74 Å². The van der Waals surface area contributed by atoms with Gasteiger partial charge in [0.15, 0.2) is 0 Å². The topological polar surface area (TPSA) is 55.4 Å². The third-order valence-electron chi connectivity index (χ3n) is 8.70.